The van der Waals surface area contributed by atoms with Gasteiger partial charge in [0, 0.05) is 18.6 Å². The molecule has 112 valence electrons. The van der Waals surface area contributed by atoms with Gasteiger partial charge in [0.25, 0.3) is 0 Å². The van der Waals surface area contributed by atoms with Gasteiger partial charge >= 0.3 is 5.69 Å². The molecule has 2 aromatic heterocycles. The Morgan fingerprint density at radius 1 is 1.41 bits per heavy atom. The highest BCUT2D eigenvalue weighted by molar-refractivity contribution is 5.89. The van der Waals surface area contributed by atoms with Crippen LogP contribution in [0, 0.1) is 0 Å². The maximum atomic E-state index is 12.4. The number of imidazole rings is 1. The Hall–Kier alpha value is -2.63. The predicted octanol–water partition coefficient (Wildman–Crippen LogP) is 2.09. The van der Waals surface area contributed by atoms with Gasteiger partial charge in [-0.3, -0.25) is 4.57 Å². The van der Waals surface area contributed by atoms with Gasteiger partial charge < -0.3 is 10.3 Å². The number of fused-ring (bicyclic) bond motifs is 1. The Kier molecular flexibility index (Phi) is 2.96. The number of nitrogens with zero attached hydrogens (tertiary/aromatic N) is 3. The molecule has 1 aliphatic rings. The van der Waals surface area contributed by atoms with Gasteiger partial charge in [-0.25, -0.2) is 9.78 Å². The number of benzene rings is 1. The van der Waals surface area contributed by atoms with Gasteiger partial charge in [0.2, 0.25) is 0 Å². The molecular formula is C16H17N5O. The van der Waals surface area contributed by atoms with Crippen LogP contribution >= 0.6 is 0 Å². The summed E-state index contributed by atoms with van der Waals surface area (Å²) in [5.41, 5.74) is 2.78. The molecule has 0 saturated heterocycles. The fourth-order valence-corrected chi connectivity index (χ4v) is 2.84. The van der Waals surface area contributed by atoms with Crippen molar-refractivity contribution in [2.75, 3.05) is 12.4 Å². The van der Waals surface area contributed by atoms with E-state index in [0.29, 0.717) is 18.3 Å². The van der Waals surface area contributed by atoms with Crippen LogP contribution in [-0.2, 0) is 6.54 Å². The fourth-order valence-electron chi connectivity index (χ4n) is 2.84. The summed E-state index contributed by atoms with van der Waals surface area (Å²) in [5, 5.41) is 3.98. The first-order valence-corrected chi connectivity index (χ1v) is 7.46. The number of anilines is 1. The number of hydrogen-bond acceptors (Lipinski definition) is 4. The summed E-state index contributed by atoms with van der Waals surface area (Å²) < 4.78 is 1.69. The molecule has 0 amide bonds. The molecule has 6 heteroatoms. The van der Waals surface area contributed by atoms with E-state index >= 15 is 0 Å². The molecule has 3 aromatic rings. The van der Waals surface area contributed by atoms with Gasteiger partial charge in [-0.2, -0.15) is 4.98 Å². The van der Waals surface area contributed by atoms with Crippen LogP contribution in [-0.4, -0.2) is 26.6 Å². The highest BCUT2D eigenvalue weighted by Gasteiger charge is 2.24. The van der Waals surface area contributed by atoms with Crippen molar-refractivity contribution in [1.29, 1.82) is 0 Å². The Morgan fingerprint density at radius 3 is 2.95 bits per heavy atom. The van der Waals surface area contributed by atoms with E-state index in [1.165, 1.54) is 18.4 Å². The van der Waals surface area contributed by atoms with Crippen LogP contribution in [0.3, 0.4) is 0 Å². The SMILES string of the molecule is CNc1nc(=O)n(Cc2c[nH]cn2)c2cc(C3CC3)ccc12. The predicted molar refractivity (Wildman–Crippen MR) is 85.2 cm³/mol. The molecule has 1 fully saturated rings. The van der Waals surface area contributed by atoms with Gasteiger partial charge in [-0.05, 0) is 36.5 Å². The zero-order chi connectivity index (χ0) is 15.1. The minimum atomic E-state index is -0.257. The van der Waals surface area contributed by atoms with E-state index in [4.69, 9.17) is 0 Å². The van der Waals surface area contributed by atoms with E-state index in [0.717, 1.165) is 16.6 Å². The summed E-state index contributed by atoms with van der Waals surface area (Å²) in [7, 11) is 1.79. The first-order valence-electron chi connectivity index (χ1n) is 7.46. The lowest BCUT2D eigenvalue weighted by atomic mass is 10.1. The van der Waals surface area contributed by atoms with Crippen molar-refractivity contribution in [2.45, 2.75) is 25.3 Å². The highest BCUT2D eigenvalue weighted by Crippen LogP contribution is 2.41. The lowest BCUT2D eigenvalue weighted by molar-refractivity contribution is 0.747. The van der Waals surface area contributed by atoms with E-state index < -0.39 is 0 Å². The first-order chi connectivity index (χ1) is 10.8. The standard InChI is InChI=1S/C16H17N5O/c1-17-15-13-5-4-11(10-2-3-10)6-14(13)21(16(22)20-15)8-12-7-18-9-19-12/h4-7,9-10H,2-3,8H2,1H3,(H,18,19)(H,17,20,22). The molecule has 6 nitrogen and oxygen atoms in total. The van der Waals surface area contributed by atoms with Crippen LogP contribution in [0.15, 0.2) is 35.5 Å². The number of rotatable bonds is 4. The molecule has 0 aliphatic heterocycles. The van der Waals surface area contributed by atoms with E-state index in [1.807, 2.05) is 0 Å². The maximum Gasteiger partial charge on any atom is 0.350 e. The summed E-state index contributed by atoms with van der Waals surface area (Å²) >= 11 is 0. The van der Waals surface area contributed by atoms with Crippen LogP contribution in [0.1, 0.15) is 30.0 Å². The molecule has 2 N–H and O–H groups in total. The Labute approximate surface area is 127 Å². The van der Waals surface area contributed by atoms with Crippen molar-refractivity contribution in [3.8, 4) is 0 Å². The molecule has 1 aromatic carbocycles. The maximum absolute atomic E-state index is 12.4. The molecule has 0 spiro atoms. The molecule has 2 heterocycles. The van der Waals surface area contributed by atoms with Gasteiger partial charge in [0.15, 0.2) is 0 Å². The second kappa shape index (κ2) is 4.98. The quantitative estimate of drug-likeness (QED) is 0.773. The van der Waals surface area contributed by atoms with Crippen LogP contribution in [0.25, 0.3) is 10.9 Å². The van der Waals surface area contributed by atoms with Gasteiger partial charge in [-0.15, -0.1) is 0 Å². The van der Waals surface area contributed by atoms with Crippen LogP contribution in [0.2, 0.25) is 0 Å². The lowest BCUT2D eigenvalue weighted by Crippen LogP contribution is -2.25. The van der Waals surface area contributed by atoms with Gasteiger partial charge in [0.05, 0.1) is 24.1 Å². The molecule has 1 aliphatic carbocycles. The van der Waals surface area contributed by atoms with E-state index in [-0.39, 0.29) is 5.69 Å². The summed E-state index contributed by atoms with van der Waals surface area (Å²) in [5.74, 6) is 1.27. The topological polar surface area (TPSA) is 75.6 Å². The van der Waals surface area contributed by atoms with Crippen LogP contribution in [0.4, 0.5) is 5.82 Å². The number of nitrogens with one attached hydrogen (secondary N) is 2. The third kappa shape index (κ3) is 2.16. The number of hydrogen-bond donors (Lipinski definition) is 2. The number of aromatic amines is 1. The minimum Gasteiger partial charge on any atom is -0.372 e. The van der Waals surface area contributed by atoms with E-state index in [9.17, 15) is 4.79 Å². The zero-order valence-corrected chi connectivity index (χ0v) is 12.3. The molecule has 1 saturated carbocycles. The normalized spacial score (nSPS) is 14.4. The highest BCUT2D eigenvalue weighted by atomic mass is 16.1. The van der Waals surface area contributed by atoms with E-state index in [1.54, 1.807) is 24.1 Å². The smallest absolute Gasteiger partial charge is 0.350 e. The van der Waals surface area contributed by atoms with Crippen LogP contribution in [0.5, 0.6) is 0 Å². The lowest BCUT2D eigenvalue weighted by Gasteiger charge is -2.13. The molecule has 4 rings (SSSR count). The summed E-state index contributed by atoms with van der Waals surface area (Å²) in [4.78, 5) is 23.7. The Bertz CT molecular complexity index is 877. The van der Waals surface area contributed by atoms with Crippen molar-refractivity contribution in [1.82, 2.24) is 19.5 Å². The Balaban J connectivity index is 1.94. The second-order valence-electron chi connectivity index (χ2n) is 5.69. The third-order valence-corrected chi connectivity index (χ3v) is 4.17. The van der Waals surface area contributed by atoms with Crippen molar-refractivity contribution in [3.05, 3.63) is 52.5 Å². The molecular weight excluding hydrogens is 278 g/mol. The average Bonchev–Trinajstić information content (AvgIpc) is 3.26. The molecule has 0 atom stereocenters. The molecule has 0 radical (unpaired) electrons. The van der Waals surface area contributed by atoms with Gasteiger partial charge in [0.1, 0.15) is 5.82 Å². The largest absolute Gasteiger partial charge is 0.372 e. The van der Waals surface area contributed by atoms with Gasteiger partial charge in [-0.1, -0.05) is 6.07 Å². The zero-order valence-electron chi connectivity index (χ0n) is 12.3. The second-order valence-corrected chi connectivity index (χ2v) is 5.69. The fraction of sp³-hybridized carbons (Fsp3) is 0.312. The summed E-state index contributed by atoms with van der Waals surface area (Å²) in [6, 6.07) is 6.33. The number of aromatic nitrogens is 4. The van der Waals surface area contributed by atoms with E-state index in [2.05, 4.69) is 38.5 Å². The monoisotopic (exact) mass is 295 g/mol. The van der Waals surface area contributed by atoms with Crippen molar-refractivity contribution >= 4 is 16.7 Å². The molecule has 0 unspecified atom stereocenters. The Morgan fingerprint density at radius 2 is 2.27 bits per heavy atom. The summed E-state index contributed by atoms with van der Waals surface area (Å²) in [6.45, 7) is 0.421. The van der Waals surface area contributed by atoms with Crippen molar-refractivity contribution in [2.24, 2.45) is 0 Å². The molecule has 0 bridgehead atoms. The van der Waals surface area contributed by atoms with Crippen molar-refractivity contribution < 1.29 is 0 Å². The summed E-state index contributed by atoms with van der Waals surface area (Å²) in [6.07, 6.45) is 5.89. The van der Waals surface area contributed by atoms with Crippen LogP contribution < -0.4 is 11.0 Å². The molecule has 22 heavy (non-hydrogen) atoms. The first kappa shape index (κ1) is 13.1. The minimum absolute atomic E-state index is 0.257. The average molecular weight is 295 g/mol. The van der Waals surface area contributed by atoms with Crippen molar-refractivity contribution in [3.63, 3.8) is 0 Å². The number of H-pyrrole nitrogens is 1. The third-order valence-electron chi connectivity index (χ3n) is 4.17.